The molecule has 32 heavy (non-hydrogen) atoms. The van der Waals surface area contributed by atoms with Crippen molar-refractivity contribution in [3.05, 3.63) is 82.9 Å². The van der Waals surface area contributed by atoms with Crippen LogP contribution in [0.1, 0.15) is 15.9 Å². The van der Waals surface area contributed by atoms with Gasteiger partial charge >= 0.3 is 0 Å². The van der Waals surface area contributed by atoms with Crippen LogP contribution >= 0.6 is 11.6 Å². The number of aromatic amines is 1. The first kappa shape index (κ1) is 21.5. The van der Waals surface area contributed by atoms with Crippen LogP contribution in [0.15, 0.2) is 66.7 Å². The number of halogens is 1. The Hall–Kier alpha value is -3.70. The number of para-hydroxylation sites is 1. The van der Waals surface area contributed by atoms with Gasteiger partial charge in [0.2, 0.25) is 5.75 Å². The Bertz CT molecular complexity index is 1280. The summed E-state index contributed by atoms with van der Waals surface area (Å²) in [6.07, 6.45) is 3.38. The van der Waals surface area contributed by atoms with Crippen LogP contribution in [0.5, 0.6) is 17.2 Å². The fourth-order valence-corrected chi connectivity index (χ4v) is 3.79. The summed E-state index contributed by atoms with van der Waals surface area (Å²) in [5.74, 6) is 1.11. The van der Waals surface area contributed by atoms with E-state index in [2.05, 4.69) is 4.98 Å². The average molecular weight is 448 g/mol. The maximum absolute atomic E-state index is 13.0. The fraction of sp³-hybridized carbons (Fsp3) is 0.115. The van der Waals surface area contributed by atoms with Crippen molar-refractivity contribution in [2.24, 2.45) is 0 Å². The van der Waals surface area contributed by atoms with Gasteiger partial charge in [-0.2, -0.15) is 0 Å². The SMILES string of the molecule is COc1cc(C(=O)C=Cc2c(-c3ccc(Cl)cc3)[nH]c3ccccc23)cc(OC)c1OC. The fourth-order valence-electron chi connectivity index (χ4n) is 3.66. The predicted octanol–water partition coefficient (Wildman–Crippen LogP) is 6.41. The van der Waals surface area contributed by atoms with E-state index < -0.39 is 0 Å². The second kappa shape index (κ2) is 9.20. The summed E-state index contributed by atoms with van der Waals surface area (Å²) in [5.41, 5.74) is 4.23. The van der Waals surface area contributed by atoms with E-state index in [1.807, 2.05) is 54.6 Å². The van der Waals surface area contributed by atoms with Gasteiger partial charge < -0.3 is 19.2 Å². The summed E-state index contributed by atoms with van der Waals surface area (Å²) in [7, 11) is 4.56. The second-order valence-electron chi connectivity index (χ2n) is 7.08. The maximum atomic E-state index is 13.0. The lowest BCUT2D eigenvalue weighted by molar-refractivity contribution is 0.104. The average Bonchev–Trinajstić information content (AvgIpc) is 3.20. The van der Waals surface area contributed by atoms with Crippen LogP contribution in [0.2, 0.25) is 5.02 Å². The molecule has 0 fully saturated rings. The van der Waals surface area contributed by atoms with Crippen LogP contribution < -0.4 is 14.2 Å². The smallest absolute Gasteiger partial charge is 0.203 e. The van der Waals surface area contributed by atoms with E-state index in [1.54, 1.807) is 18.2 Å². The number of carbonyl (C=O) groups excluding carboxylic acids is 1. The molecule has 0 aliphatic heterocycles. The van der Waals surface area contributed by atoms with Crippen molar-refractivity contribution < 1.29 is 19.0 Å². The molecule has 0 spiro atoms. The molecule has 4 rings (SSSR count). The molecule has 0 unspecified atom stereocenters. The first-order valence-corrected chi connectivity index (χ1v) is 10.3. The zero-order chi connectivity index (χ0) is 22.7. The summed E-state index contributed by atoms with van der Waals surface area (Å²) in [6.45, 7) is 0. The van der Waals surface area contributed by atoms with Gasteiger partial charge in [0.25, 0.3) is 0 Å². The second-order valence-corrected chi connectivity index (χ2v) is 7.51. The van der Waals surface area contributed by atoms with Gasteiger partial charge in [-0.3, -0.25) is 4.79 Å². The summed E-state index contributed by atoms with van der Waals surface area (Å²) in [4.78, 5) is 16.5. The highest BCUT2D eigenvalue weighted by Crippen LogP contribution is 2.38. The molecule has 0 bridgehead atoms. The van der Waals surface area contributed by atoms with Gasteiger partial charge in [0, 0.05) is 27.1 Å². The zero-order valence-corrected chi connectivity index (χ0v) is 18.7. The molecule has 1 aromatic heterocycles. The van der Waals surface area contributed by atoms with Crippen molar-refractivity contribution in [3.8, 4) is 28.5 Å². The van der Waals surface area contributed by atoms with Gasteiger partial charge in [-0.15, -0.1) is 0 Å². The van der Waals surface area contributed by atoms with Crippen molar-refractivity contribution in [2.45, 2.75) is 0 Å². The van der Waals surface area contributed by atoms with Crippen molar-refractivity contribution in [1.29, 1.82) is 0 Å². The van der Waals surface area contributed by atoms with Crippen LogP contribution in [-0.2, 0) is 0 Å². The van der Waals surface area contributed by atoms with E-state index in [1.165, 1.54) is 21.3 Å². The van der Waals surface area contributed by atoms with Gasteiger partial charge in [0.1, 0.15) is 0 Å². The van der Waals surface area contributed by atoms with E-state index in [0.29, 0.717) is 27.8 Å². The molecule has 0 saturated heterocycles. The van der Waals surface area contributed by atoms with Gasteiger partial charge in [0.15, 0.2) is 17.3 Å². The molecule has 5 nitrogen and oxygen atoms in total. The Morgan fingerprint density at radius 3 is 2.19 bits per heavy atom. The first-order chi connectivity index (χ1) is 15.5. The number of carbonyl (C=O) groups is 1. The van der Waals surface area contributed by atoms with Gasteiger partial charge in [-0.1, -0.05) is 41.9 Å². The molecule has 4 aromatic rings. The van der Waals surface area contributed by atoms with Gasteiger partial charge in [-0.25, -0.2) is 0 Å². The summed E-state index contributed by atoms with van der Waals surface area (Å²) >= 11 is 6.06. The molecule has 0 saturated carbocycles. The Balaban J connectivity index is 1.77. The highest BCUT2D eigenvalue weighted by Gasteiger charge is 2.16. The third kappa shape index (κ3) is 4.07. The van der Waals surface area contributed by atoms with E-state index in [4.69, 9.17) is 25.8 Å². The van der Waals surface area contributed by atoms with Crippen LogP contribution in [-0.4, -0.2) is 32.1 Å². The molecule has 1 N–H and O–H groups in total. The third-order valence-corrected chi connectivity index (χ3v) is 5.48. The molecule has 162 valence electrons. The van der Waals surface area contributed by atoms with Gasteiger partial charge in [0.05, 0.1) is 27.0 Å². The summed E-state index contributed by atoms with van der Waals surface area (Å²) in [6, 6.07) is 18.8. The number of aromatic nitrogens is 1. The maximum Gasteiger partial charge on any atom is 0.203 e. The quantitative estimate of drug-likeness (QED) is 0.262. The lowest BCUT2D eigenvalue weighted by Crippen LogP contribution is -2.00. The predicted molar refractivity (Wildman–Crippen MR) is 128 cm³/mol. The Morgan fingerprint density at radius 2 is 1.56 bits per heavy atom. The number of fused-ring (bicyclic) bond motifs is 1. The van der Waals surface area contributed by atoms with Crippen molar-refractivity contribution in [2.75, 3.05) is 21.3 Å². The number of ketones is 1. The van der Waals surface area contributed by atoms with E-state index in [-0.39, 0.29) is 5.78 Å². The normalized spacial score (nSPS) is 11.1. The molecule has 0 radical (unpaired) electrons. The van der Waals surface area contributed by atoms with E-state index in [9.17, 15) is 4.79 Å². The van der Waals surface area contributed by atoms with E-state index in [0.717, 1.165) is 27.7 Å². The minimum absolute atomic E-state index is 0.184. The topological polar surface area (TPSA) is 60.6 Å². The van der Waals surface area contributed by atoms with Crippen molar-refractivity contribution in [1.82, 2.24) is 4.98 Å². The molecule has 3 aromatic carbocycles. The first-order valence-electron chi connectivity index (χ1n) is 9.94. The molecule has 6 heteroatoms. The lowest BCUT2D eigenvalue weighted by Gasteiger charge is -2.13. The monoisotopic (exact) mass is 447 g/mol. The number of ether oxygens (including phenoxy) is 3. The zero-order valence-electron chi connectivity index (χ0n) is 17.9. The Labute approximate surface area is 191 Å². The standard InChI is InChI=1S/C26H22ClNO4/c1-30-23-14-17(15-24(31-2)26(23)32-3)22(29)13-12-20-19-6-4-5-7-21(19)28-25(20)16-8-10-18(27)11-9-16/h4-15,28H,1-3H3. The molecule has 0 aliphatic rings. The molecular weight excluding hydrogens is 426 g/mol. The van der Waals surface area contributed by atoms with Crippen LogP contribution in [0.25, 0.3) is 28.2 Å². The lowest BCUT2D eigenvalue weighted by atomic mass is 10.0. The number of benzene rings is 3. The Kier molecular flexibility index (Phi) is 6.19. The van der Waals surface area contributed by atoms with Gasteiger partial charge in [-0.05, 0) is 48.0 Å². The number of rotatable bonds is 7. The molecule has 1 heterocycles. The molecule has 0 amide bonds. The number of methoxy groups -OCH3 is 3. The van der Waals surface area contributed by atoms with Crippen molar-refractivity contribution >= 4 is 34.4 Å². The Morgan fingerprint density at radius 1 is 0.906 bits per heavy atom. The number of hydrogen-bond donors (Lipinski definition) is 1. The molecule has 0 atom stereocenters. The van der Waals surface area contributed by atoms with Crippen LogP contribution in [0, 0.1) is 0 Å². The molecular formula is C26H22ClNO4. The molecule has 0 aliphatic carbocycles. The number of nitrogens with one attached hydrogen (secondary N) is 1. The number of allylic oxidation sites excluding steroid dienone is 1. The highest BCUT2D eigenvalue weighted by molar-refractivity contribution is 6.30. The van der Waals surface area contributed by atoms with Crippen molar-refractivity contribution in [3.63, 3.8) is 0 Å². The number of H-pyrrole nitrogens is 1. The van der Waals surface area contributed by atoms with Crippen LogP contribution in [0.4, 0.5) is 0 Å². The van der Waals surface area contributed by atoms with Crippen LogP contribution in [0.3, 0.4) is 0 Å². The minimum atomic E-state index is -0.184. The summed E-state index contributed by atoms with van der Waals surface area (Å²) in [5, 5.41) is 1.69. The highest BCUT2D eigenvalue weighted by atomic mass is 35.5. The summed E-state index contributed by atoms with van der Waals surface area (Å²) < 4.78 is 16.1. The van der Waals surface area contributed by atoms with E-state index >= 15 is 0 Å². The number of hydrogen-bond acceptors (Lipinski definition) is 4. The largest absolute Gasteiger partial charge is 0.493 e. The minimum Gasteiger partial charge on any atom is -0.493 e. The third-order valence-electron chi connectivity index (χ3n) is 5.23.